The zero-order valence-corrected chi connectivity index (χ0v) is 17.5. The van der Waals surface area contributed by atoms with Crippen LogP contribution in [0.1, 0.15) is 12.0 Å². The van der Waals surface area contributed by atoms with Gasteiger partial charge in [-0.1, -0.05) is 12.1 Å². The average Bonchev–Trinajstić information content (AvgIpc) is 3.03. The van der Waals surface area contributed by atoms with Gasteiger partial charge in [0.25, 0.3) is 0 Å². The van der Waals surface area contributed by atoms with E-state index in [1.807, 2.05) is 0 Å². The van der Waals surface area contributed by atoms with E-state index in [-0.39, 0.29) is 42.7 Å². The van der Waals surface area contributed by atoms with Gasteiger partial charge >= 0.3 is 0 Å². The van der Waals surface area contributed by atoms with Gasteiger partial charge in [0.1, 0.15) is 0 Å². The van der Waals surface area contributed by atoms with Crippen molar-refractivity contribution in [3.8, 4) is 0 Å². The van der Waals surface area contributed by atoms with Crippen LogP contribution < -0.4 is 15.5 Å². The molecule has 2 aliphatic heterocycles. The Morgan fingerprint density at radius 3 is 2.59 bits per heavy atom. The second-order valence-corrected chi connectivity index (χ2v) is 7.21. The minimum atomic E-state index is -0.338. The lowest BCUT2D eigenvalue weighted by atomic mass is 10.1. The zero-order chi connectivity index (χ0) is 17.6. The van der Waals surface area contributed by atoms with Crippen LogP contribution in [-0.4, -0.2) is 74.4 Å². The molecule has 0 saturated carbocycles. The molecule has 2 heterocycles. The van der Waals surface area contributed by atoms with Crippen LogP contribution in [0.4, 0.5) is 5.69 Å². The van der Waals surface area contributed by atoms with Crippen molar-refractivity contribution in [2.24, 2.45) is 5.92 Å². The van der Waals surface area contributed by atoms with Gasteiger partial charge in [-0.2, -0.15) is 0 Å². The number of aliphatic hydroxyl groups is 1. The van der Waals surface area contributed by atoms with E-state index >= 15 is 0 Å². The number of piperazine rings is 1. The van der Waals surface area contributed by atoms with Crippen LogP contribution in [0, 0.1) is 12.8 Å². The summed E-state index contributed by atoms with van der Waals surface area (Å²) in [4.78, 5) is 16.8. The number of hydrogen-bond acceptors (Lipinski definition) is 5. The Morgan fingerprint density at radius 2 is 1.96 bits per heavy atom. The summed E-state index contributed by atoms with van der Waals surface area (Å²) in [6, 6.07) is 8.63. The van der Waals surface area contributed by atoms with E-state index in [2.05, 4.69) is 51.6 Å². The molecule has 27 heavy (non-hydrogen) atoms. The van der Waals surface area contributed by atoms with Gasteiger partial charge in [-0.25, -0.2) is 0 Å². The molecule has 2 aliphatic rings. The lowest BCUT2D eigenvalue weighted by molar-refractivity contribution is -0.121. The first-order valence-electron chi connectivity index (χ1n) is 9.31. The molecule has 2 fully saturated rings. The van der Waals surface area contributed by atoms with E-state index in [1.165, 1.54) is 11.3 Å². The number of nitrogens with zero attached hydrogens (tertiary/aromatic N) is 2. The number of amides is 1. The quantitative estimate of drug-likeness (QED) is 0.643. The number of anilines is 1. The summed E-state index contributed by atoms with van der Waals surface area (Å²) in [6.07, 6.45) is 0.190. The maximum Gasteiger partial charge on any atom is 0.221 e. The first kappa shape index (κ1) is 24.0. The summed E-state index contributed by atoms with van der Waals surface area (Å²) in [5, 5.41) is 15.8. The van der Waals surface area contributed by atoms with Gasteiger partial charge in [0.15, 0.2) is 0 Å². The van der Waals surface area contributed by atoms with E-state index in [9.17, 15) is 9.90 Å². The summed E-state index contributed by atoms with van der Waals surface area (Å²) in [5.74, 6) is 0.224. The van der Waals surface area contributed by atoms with E-state index < -0.39 is 0 Å². The predicted molar refractivity (Wildman–Crippen MR) is 114 cm³/mol. The Labute approximate surface area is 174 Å². The van der Waals surface area contributed by atoms with Gasteiger partial charge in [-0.05, 0) is 24.6 Å². The van der Waals surface area contributed by atoms with Crippen molar-refractivity contribution in [1.82, 2.24) is 15.5 Å². The highest BCUT2D eigenvalue weighted by atomic mass is 35.5. The predicted octanol–water partition coefficient (Wildman–Crippen LogP) is 1.05. The van der Waals surface area contributed by atoms with Crippen LogP contribution in [0.2, 0.25) is 0 Å². The number of aliphatic hydroxyl groups excluding tert-OH is 1. The van der Waals surface area contributed by atoms with Crippen molar-refractivity contribution in [1.29, 1.82) is 0 Å². The van der Waals surface area contributed by atoms with Crippen molar-refractivity contribution >= 4 is 36.4 Å². The molecular formula is C19H32Cl2N4O2. The first-order valence-corrected chi connectivity index (χ1v) is 9.31. The van der Waals surface area contributed by atoms with Crippen LogP contribution in [0.15, 0.2) is 24.3 Å². The molecule has 6 nitrogen and oxygen atoms in total. The highest BCUT2D eigenvalue weighted by Gasteiger charge is 2.25. The molecule has 1 aromatic rings. The Balaban J connectivity index is 0.00000182. The molecule has 0 aliphatic carbocycles. The molecule has 1 amide bonds. The molecule has 154 valence electrons. The molecular weight excluding hydrogens is 387 g/mol. The van der Waals surface area contributed by atoms with Gasteiger partial charge < -0.3 is 20.6 Å². The van der Waals surface area contributed by atoms with Gasteiger partial charge in [0.05, 0.1) is 6.10 Å². The maximum atomic E-state index is 12.0. The Kier molecular flexibility index (Phi) is 10.4. The second-order valence-electron chi connectivity index (χ2n) is 7.21. The third kappa shape index (κ3) is 7.12. The Bertz CT molecular complexity index is 583. The van der Waals surface area contributed by atoms with Gasteiger partial charge in [0.2, 0.25) is 5.91 Å². The molecule has 2 atom stereocenters. The molecule has 0 spiro atoms. The number of carbonyl (C=O) groups is 1. The number of β-amino-alcohol motifs (C(OH)–C–C–N with tert-alkyl or cyclic N) is 1. The number of rotatable bonds is 6. The molecule has 2 unspecified atom stereocenters. The molecule has 3 rings (SSSR count). The van der Waals surface area contributed by atoms with E-state index in [1.54, 1.807) is 0 Å². The number of halogens is 2. The van der Waals surface area contributed by atoms with E-state index in [4.69, 9.17) is 0 Å². The first-order chi connectivity index (χ1) is 12.1. The summed E-state index contributed by atoms with van der Waals surface area (Å²) >= 11 is 0. The third-order valence-electron chi connectivity index (χ3n) is 5.26. The molecule has 2 saturated heterocycles. The van der Waals surface area contributed by atoms with E-state index in [0.29, 0.717) is 19.5 Å². The number of benzene rings is 1. The normalized spacial score (nSPS) is 22.7. The highest BCUT2D eigenvalue weighted by molar-refractivity contribution is 5.85. The molecule has 3 N–H and O–H groups in total. The van der Waals surface area contributed by atoms with Crippen LogP contribution in [0.25, 0.3) is 0 Å². The lowest BCUT2D eigenvalue weighted by Gasteiger charge is -2.36. The Morgan fingerprint density at radius 1 is 1.22 bits per heavy atom. The fourth-order valence-corrected chi connectivity index (χ4v) is 3.57. The van der Waals surface area contributed by atoms with Crippen LogP contribution in [0.5, 0.6) is 0 Å². The van der Waals surface area contributed by atoms with Crippen molar-refractivity contribution < 1.29 is 9.90 Å². The SMILES string of the molecule is Cc1cccc(N2CCN(CCC(=O)NCC3CNCC3O)CC2)c1.Cl.Cl. The van der Waals surface area contributed by atoms with Crippen LogP contribution in [0.3, 0.4) is 0 Å². The number of nitrogens with one attached hydrogen (secondary N) is 2. The second kappa shape index (κ2) is 11.7. The summed E-state index contributed by atoms with van der Waals surface area (Å²) in [5.41, 5.74) is 2.58. The topological polar surface area (TPSA) is 67.8 Å². The summed E-state index contributed by atoms with van der Waals surface area (Å²) in [7, 11) is 0. The molecule has 0 radical (unpaired) electrons. The van der Waals surface area contributed by atoms with Crippen molar-refractivity contribution in [2.45, 2.75) is 19.4 Å². The fourth-order valence-electron chi connectivity index (χ4n) is 3.57. The van der Waals surface area contributed by atoms with Crippen molar-refractivity contribution in [2.75, 3.05) is 57.3 Å². The van der Waals surface area contributed by atoms with Gasteiger partial charge in [-0.3, -0.25) is 9.69 Å². The zero-order valence-electron chi connectivity index (χ0n) is 15.9. The summed E-state index contributed by atoms with van der Waals surface area (Å²) < 4.78 is 0. The molecule has 1 aromatic carbocycles. The lowest BCUT2D eigenvalue weighted by Crippen LogP contribution is -2.47. The molecule has 0 bridgehead atoms. The smallest absolute Gasteiger partial charge is 0.221 e. The standard InChI is InChI=1S/C19H30N4O2.2ClH/c1-15-3-2-4-17(11-15)23-9-7-22(8-10-23)6-5-19(25)21-13-16-12-20-14-18(16)24;;/h2-4,11,16,18,20,24H,5-10,12-14H2,1H3,(H,21,25);2*1H. The number of aryl methyl sites for hydroxylation is 1. The van der Waals surface area contributed by atoms with E-state index in [0.717, 1.165) is 39.3 Å². The fraction of sp³-hybridized carbons (Fsp3) is 0.632. The van der Waals surface area contributed by atoms with Crippen LogP contribution in [-0.2, 0) is 4.79 Å². The molecule has 0 aromatic heterocycles. The largest absolute Gasteiger partial charge is 0.391 e. The highest BCUT2D eigenvalue weighted by Crippen LogP contribution is 2.17. The monoisotopic (exact) mass is 418 g/mol. The average molecular weight is 419 g/mol. The Hall–Kier alpha value is -1.05. The number of hydrogen-bond donors (Lipinski definition) is 3. The van der Waals surface area contributed by atoms with Crippen molar-refractivity contribution in [3.63, 3.8) is 0 Å². The maximum absolute atomic E-state index is 12.0. The summed E-state index contributed by atoms with van der Waals surface area (Å²) in [6.45, 7) is 8.90. The number of carbonyl (C=O) groups excluding carboxylic acids is 1. The van der Waals surface area contributed by atoms with Gasteiger partial charge in [0, 0.05) is 70.4 Å². The minimum absolute atomic E-state index is 0. The third-order valence-corrected chi connectivity index (χ3v) is 5.26. The minimum Gasteiger partial charge on any atom is -0.391 e. The van der Waals surface area contributed by atoms with Crippen molar-refractivity contribution in [3.05, 3.63) is 29.8 Å². The van der Waals surface area contributed by atoms with Gasteiger partial charge in [-0.15, -0.1) is 24.8 Å². The molecule has 8 heteroatoms. The van der Waals surface area contributed by atoms with Crippen LogP contribution >= 0.6 is 24.8 Å².